The highest BCUT2D eigenvalue weighted by Crippen LogP contribution is 2.20. The van der Waals surface area contributed by atoms with Gasteiger partial charge in [0.1, 0.15) is 18.2 Å². The predicted octanol–water partition coefficient (Wildman–Crippen LogP) is 2.65. The zero-order valence-electron chi connectivity index (χ0n) is 10.4. The zero-order chi connectivity index (χ0) is 12.7. The summed E-state index contributed by atoms with van der Waals surface area (Å²) in [5, 5.41) is 0. The predicted molar refractivity (Wildman–Crippen MR) is 65.6 cm³/mol. The fraction of sp³-hybridized carbons (Fsp3) is 0.538. The van der Waals surface area contributed by atoms with Crippen molar-refractivity contribution in [2.75, 3.05) is 19.8 Å². The van der Waals surface area contributed by atoms with Gasteiger partial charge in [-0.1, -0.05) is 13.0 Å². The first kappa shape index (κ1) is 13.9. The van der Waals surface area contributed by atoms with Crippen LogP contribution in [0.5, 0.6) is 5.75 Å². The molecule has 1 aromatic carbocycles. The summed E-state index contributed by atoms with van der Waals surface area (Å²) in [6.07, 6.45) is 0.984. The second kappa shape index (κ2) is 7.25. The van der Waals surface area contributed by atoms with E-state index in [-0.39, 0.29) is 11.9 Å². The largest absolute Gasteiger partial charge is 0.491 e. The third kappa shape index (κ3) is 4.71. The van der Waals surface area contributed by atoms with Gasteiger partial charge in [0, 0.05) is 24.3 Å². The van der Waals surface area contributed by atoms with Crippen LogP contribution in [-0.2, 0) is 4.74 Å². The zero-order valence-corrected chi connectivity index (χ0v) is 10.4. The summed E-state index contributed by atoms with van der Waals surface area (Å²) in [6, 6.07) is 4.43. The molecule has 0 aliphatic carbocycles. The van der Waals surface area contributed by atoms with Gasteiger partial charge < -0.3 is 15.2 Å². The molecule has 0 aliphatic heterocycles. The summed E-state index contributed by atoms with van der Waals surface area (Å²) in [5.74, 6) is 0.180. The molecule has 4 heteroatoms. The van der Waals surface area contributed by atoms with Gasteiger partial charge in [0.15, 0.2) is 0 Å². The maximum atomic E-state index is 13.5. The topological polar surface area (TPSA) is 44.5 Å². The van der Waals surface area contributed by atoms with Gasteiger partial charge >= 0.3 is 0 Å². The van der Waals surface area contributed by atoms with Crippen LogP contribution in [0.3, 0.4) is 0 Å². The van der Waals surface area contributed by atoms with Crippen LogP contribution in [0.15, 0.2) is 18.2 Å². The van der Waals surface area contributed by atoms with Crippen molar-refractivity contribution in [1.29, 1.82) is 0 Å². The van der Waals surface area contributed by atoms with E-state index < -0.39 is 0 Å². The van der Waals surface area contributed by atoms with Gasteiger partial charge in [-0.15, -0.1) is 0 Å². The Morgan fingerprint density at radius 2 is 2.06 bits per heavy atom. The summed E-state index contributed by atoms with van der Waals surface area (Å²) in [5.41, 5.74) is 6.12. The molecule has 0 radical (unpaired) electrons. The molecular formula is C13H20FNO2. The Labute approximate surface area is 102 Å². The number of halogens is 1. The minimum absolute atomic E-state index is 0.308. The maximum Gasteiger partial charge on any atom is 0.131 e. The van der Waals surface area contributed by atoms with E-state index in [2.05, 4.69) is 0 Å². The molecule has 1 rings (SSSR count). The van der Waals surface area contributed by atoms with Crippen LogP contribution in [0, 0.1) is 5.82 Å². The van der Waals surface area contributed by atoms with Gasteiger partial charge in [-0.2, -0.15) is 0 Å². The molecule has 2 N–H and O–H groups in total. The van der Waals surface area contributed by atoms with Gasteiger partial charge in [-0.25, -0.2) is 4.39 Å². The SMILES string of the molecule is CCCOCCOc1ccc(C(C)N)c(F)c1. The Bertz CT molecular complexity index is 342. The standard InChI is InChI=1S/C13H20FNO2/c1-3-6-16-7-8-17-11-4-5-12(10(2)15)13(14)9-11/h4-5,9-10H,3,6-8,15H2,1-2H3. The van der Waals surface area contributed by atoms with Crippen LogP contribution in [0.2, 0.25) is 0 Å². The quantitative estimate of drug-likeness (QED) is 0.746. The van der Waals surface area contributed by atoms with Crippen molar-refractivity contribution in [2.24, 2.45) is 5.73 Å². The van der Waals surface area contributed by atoms with E-state index in [1.807, 2.05) is 6.92 Å². The average Bonchev–Trinajstić information content (AvgIpc) is 2.28. The van der Waals surface area contributed by atoms with Crippen molar-refractivity contribution >= 4 is 0 Å². The molecule has 0 saturated heterocycles. The fourth-order valence-electron chi connectivity index (χ4n) is 1.43. The Hall–Kier alpha value is -1.13. The van der Waals surface area contributed by atoms with Crippen molar-refractivity contribution in [3.63, 3.8) is 0 Å². The number of ether oxygens (including phenoxy) is 2. The second-order valence-electron chi connectivity index (χ2n) is 3.93. The van der Waals surface area contributed by atoms with Crippen LogP contribution < -0.4 is 10.5 Å². The minimum Gasteiger partial charge on any atom is -0.491 e. The van der Waals surface area contributed by atoms with E-state index in [0.29, 0.717) is 24.5 Å². The van der Waals surface area contributed by atoms with Crippen LogP contribution in [0.1, 0.15) is 31.9 Å². The number of rotatable bonds is 7. The van der Waals surface area contributed by atoms with Crippen molar-refractivity contribution in [3.05, 3.63) is 29.6 Å². The average molecular weight is 241 g/mol. The molecule has 0 aromatic heterocycles. The number of benzene rings is 1. The molecule has 96 valence electrons. The van der Waals surface area contributed by atoms with E-state index >= 15 is 0 Å². The van der Waals surface area contributed by atoms with Gasteiger partial charge in [0.05, 0.1) is 6.61 Å². The van der Waals surface area contributed by atoms with Gasteiger partial charge in [-0.05, 0) is 19.4 Å². The van der Waals surface area contributed by atoms with Gasteiger partial charge in [0.2, 0.25) is 0 Å². The van der Waals surface area contributed by atoms with Gasteiger partial charge in [-0.3, -0.25) is 0 Å². The van der Waals surface area contributed by atoms with Crippen LogP contribution in [-0.4, -0.2) is 19.8 Å². The van der Waals surface area contributed by atoms with Crippen molar-refractivity contribution < 1.29 is 13.9 Å². The smallest absolute Gasteiger partial charge is 0.131 e. The summed E-state index contributed by atoms with van der Waals surface area (Å²) in [4.78, 5) is 0. The highest BCUT2D eigenvalue weighted by Gasteiger charge is 2.07. The van der Waals surface area contributed by atoms with Crippen LogP contribution in [0.25, 0.3) is 0 Å². The van der Waals surface area contributed by atoms with Gasteiger partial charge in [0.25, 0.3) is 0 Å². The lowest BCUT2D eigenvalue weighted by Crippen LogP contribution is -2.09. The van der Waals surface area contributed by atoms with Crippen molar-refractivity contribution in [1.82, 2.24) is 0 Å². The molecule has 0 heterocycles. The van der Waals surface area contributed by atoms with E-state index in [9.17, 15) is 4.39 Å². The molecule has 0 fully saturated rings. The molecule has 0 amide bonds. The molecule has 0 aliphatic rings. The summed E-state index contributed by atoms with van der Waals surface area (Å²) in [7, 11) is 0. The molecule has 1 unspecified atom stereocenters. The molecule has 17 heavy (non-hydrogen) atoms. The lowest BCUT2D eigenvalue weighted by atomic mass is 10.1. The first-order valence-electron chi connectivity index (χ1n) is 5.90. The Morgan fingerprint density at radius 3 is 2.65 bits per heavy atom. The summed E-state index contributed by atoms with van der Waals surface area (Å²) >= 11 is 0. The number of nitrogens with two attached hydrogens (primary N) is 1. The first-order chi connectivity index (χ1) is 8.15. The summed E-state index contributed by atoms with van der Waals surface area (Å²) in [6.45, 7) is 5.46. The summed E-state index contributed by atoms with van der Waals surface area (Å²) < 4.78 is 24.2. The highest BCUT2D eigenvalue weighted by atomic mass is 19.1. The molecule has 1 aromatic rings. The fourth-order valence-corrected chi connectivity index (χ4v) is 1.43. The van der Waals surface area contributed by atoms with Crippen molar-refractivity contribution in [3.8, 4) is 5.75 Å². The first-order valence-corrected chi connectivity index (χ1v) is 5.90. The number of hydrogen-bond acceptors (Lipinski definition) is 3. The Morgan fingerprint density at radius 1 is 1.29 bits per heavy atom. The molecule has 1 atom stereocenters. The highest BCUT2D eigenvalue weighted by molar-refractivity contribution is 5.30. The van der Waals surface area contributed by atoms with E-state index in [1.54, 1.807) is 19.1 Å². The second-order valence-corrected chi connectivity index (χ2v) is 3.93. The third-order valence-electron chi connectivity index (χ3n) is 2.31. The molecule has 0 spiro atoms. The molecule has 0 bridgehead atoms. The third-order valence-corrected chi connectivity index (χ3v) is 2.31. The van der Waals surface area contributed by atoms with E-state index in [4.69, 9.17) is 15.2 Å². The maximum absolute atomic E-state index is 13.5. The molecule has 3 nitrogen and oxygen atoms in total. The number of hydrogen-bond donors (Lipinski definition) is 1. The van der Waals surface area contributed by atoms with E-state index in [0.717, 1.165) is 13.0 Å². The van der Waals surface area contributed by atoms with Crippen molar-refractivity contribution in [2.45, 2.75) is 26.3 Å². The van der Waals surface area contributed by atoms with Crippen LogP contribution >= 0.6 is 0 Å². The van der Waals surface area contributed by atoms with E-state index in [1.165, 1.54) is 6.07 Å². The lowest BCUT2D eigenvalue weighted by molar-refractivity contribution is 0.100. The lowest BCUT2D eigenvalue weighted by Gasteiger charge is -2.10. The molecule has 0 saturated carbocycles. The molecular weight excluding hydrogens is 221 g/mol. The Kier molecular flexibility index (Phi) is 5.94. The van der Waals surface area contributed by atoms with Crippen LogP contribution in [0.4, 0.5) is 4.39 Å². The monoisotopic (exact) mass is 241 g/mol. The minimum atomic E-state index is -0.327. The Balaban J connectivity index is 2.42. The normalized spacial score (nSPS) is 12.5.